The van der Waals surface area contributed by atoms with Crippen LogP contribution in [0.25, 0.3) is 0 Å². The van der Waals surface area contributed by atoms with Crippen molar-refractivity contribution in [3.63, 3.8) is 0 Å². The molecule has 0 saturated heterocycles. The SMILES string of the molecule is CCCCCC/C=C/C(O)C(CS(=O)(=O)O)NC(=O)C(O)CCCCCCCCCCCCCCCCCCCC. The summed E-state index contributed by atoms with van der Waals surface area (Å²) in [6, 6.07) is -1.22. The lowest BCUT2D eigenvalue weighted by molar-refractivity contribution is -0.130. The van der Waals surface area contributed by atoms with Crippen LogP contribution in [-0.2, 0) is 14.9 Å². The van der Waals surface area contributed by atoms with E-state index in [9.17, 15) is 28.0 Å². The third kappa shape index (κ3) is 27.6. The van der Waals surface area contributed by atoms with Gasteiger partial charge in [0.25, 0.3) is 10.1 Å². The number of rotatable bonds is 30. The highest BCUT2D eigenvalue weighted by Crippen LogP contribution is 2.15. The molecule has 0 fully saturated rings. The van der Waals surface area contributed by atoms with Gasteiger partial charge in [-0.15, -0.1) is 0 Å². The van der Waals surface area contributed by atoms with Crippen LogP contribution in [-0.4, -0.2) is 53.1 Å². The van der Waals surface area contributed by atoms with Gasteiger partial charge in [-0.05, 0) is 19.3 Å². The molecule has 8 heteroatoms. The standard InChI is InChI=1S/C33H65NO6S/c1-3-5-7-9-11-12-13-14-15-16-17-18-19-20-21-22-24-26-28-32(36)33(37)34-30(29-41(38,39)40)31(35)27-25-23-10-8-6-4-2/h25,27,30-32,35-36H,3-24,26,28-29H2,1-2H3,(H,34,37)(H,38,39,40)/b27-25+. The van der Waals surface area contributed by atoms with Crippen molar-refractivity contribution >= 4 is 16.0 Å². The quantitative estimate of drug-likeness (QED) is 0.0374. The smallest absolute Gasteiger partial charge is 0.267 e. The summed E-state index contributed by atoms with van der Waals surface area (Å²) >= 11 is 0. The van der Waals surface area contributed by atoms with Crippen molar-refractivity contribution in [2.24, 2.45) is 0 Å². The van der Waals surface area contributed by atoms with Crippen LogP contribution in [0.15, 0.2) is 12.2 Å². The zero-order chi connectivity index (χ0) is 30.6. The Morgan fingerprint density at radius 1 is 0.659 bits per heavy atom. The summed E-state index contributed by atoms with van der Waals surface area (Å²) in [6.07, 6.45) is 28.8. The van der Waals surface area contributed by atoms with Crippen molar-refractivity contribution in [2.75, 3.05) is 5.75 Å². The van der Waals surface area contributed by atoms with Crippen molar-refractivity contribution in [2.45, 2.75) is 186 Å². The Kier molecular flexibility index (Phi) is 27.2. The summed E-state index contributed by atoms with van der Waals surface area (Å²) in [4.78, 5) is 12.4. The molecule has 0 aliphatic rings. The predicted octanol–water partition coefficient (Wildman–Crippen LogP) is 8.04. The highest BCUT2D eigenvalue weighted by molar-refractivity contribution is 7.85. The maximum Gasteiger partial charge on any atom is 0.267 e. The Hall–Kier alpha value is -0.960. The fraction of sp³-hybridized carbons (Fsp3) is 0.909. The fourth-order valence-corrected chi connectivity index (χ4v) is 5.89. The molecule has 0 rings (SSSR count). The van der Waals surface area contributed by atoms with Crippen LogP contribution in [0.2, 0.25) is 0 Å². The third-order valence-corrected chi connectivity index (χ3v) is 8.60. The molecule has 0 heterocycles. The van der Waals surface area contributed by atoms with Crippen LogP contribution in [0.3, 0.4) is 0 Å². The molecule has 0 bridgehead atoms. The lowest BCUT2D eigenvalue weighted by atomic mass is 10.0. The fourth-order valence-electron chi connectivity index (χ4n) is 5.16. The van der Waals surface area contributed by atoms with Crippen molar-refractivity contribution < 1.29 is 28.0 Å². The van der Waals surface area contributed by atoms with Crippen LogP contribution >= 0.6 is 0 Å². The minimum absolute atomic E-state index is 0.284. The number of amides is 1. The normalized spacial score (nSPS) is 14.4. The number of carbonyl (C=O) groups excluding carboxylic acids is 1. The van der Waals surface area contributed by atoms with E-state index < -0.39 is 40.0 Å². The Balaban J connectivity index is 3.93. The molecule has 4 N–H and O–H groups in total. The first-order valence-electron chi connectivity index (χ1n) is 17.0. The number of allylic oxidation sites excluding steroid dienone is 1. The van der Waals surface area contributed by atoms with Crippen LogP contribution in [0, 0.1) is 0 Å². The molecule has 0 saturated carbocycles. The molecular formula is C33H65NO6S. The molecule has 0 spiro atoms. The molecule has 3 unspecified atom stereocenters. The summed E-state index contributed by atoms with van der Waals surface area (Å²) in [5, 5.41) is 23.1. The van der Waals surface area contributed by atoms with E-state index >= 15 is 0 Å². The number of aliphatic hydroxyl groups is 2. The number of aliphatic hydroxyl groups excluding tert-OH is 2. The zero-order valence-corrected chi connectivity index (χ0v) is 27.4. The topological polar surface area (TPSA) is 124 Å². The van der Waals surface area contributed by atoms with Crippen LogP contribution in [0.4, 0.5) is 0 Å². The number of nitrogens with one attached hydrogen (secondary N) is 1. The zero-order valence-electron chi connectivity index (χ0n) is 26.5. The van der Waals surface area contributed by atoms with Crippen LogP contribution in [0.5, 0.6) is 0 Å². The second-order valence-corrected chi connectivity index (χ2v) is 13.4. The van der Waals surface area contributed by atoms with Crippen molar-refractivity contribution in [3.05, 3.63) is 12.2 Å². The second-order valence-electron chi connectivity index (χ2n) is 11.9. The maximum absolute atomic E-state index is 12.4. The minimum Gasteiger partial charge on any atom is -0.387 e. The highest BCUT2D eigenvalue weighted by Gasteiger charge is 2.27. The van der Waals surface area contributed by atoms with E-state index in [1.165, 1.54) is 96.0 Å². The molecule has 7 nitrogen and oxygen atoms in total. The minimum atomic E-state index is -4.42. The van der Waals surface area contributed by atoms with Gasteiger partial charge in [0.1, 0.15) is 6.10 Å². The monoisotopic (exact) mass is 603 g/mol. The number of hydrogen-bond donors (Lipinski definition) is 4. The van der Waals surface area contributed by atoms with Gasteiger partial charge in [-0.3, -0.25) is 9.35 Å². The molecule has 244 valence electrons. The van der Waals surface area contributed by atoms with Gasteiger partial charge in [0.15, 0.2) is 0 Å². The molecular weight excluding hydrogens is 538 g/mol. The molecule has 0 aliphatic heterocycles. The molecule has 0 radical (unpaired) electrons. The number of unbranched alkanes of at least 4 members (excludes halogenated alkanes) is 21. The second kappa shape index (κ2) is 27.8. The lowest BCUT2D eigenvalue weighted by Crippen LogP contribution is -2.50. The van der Waals surface area contributed by atoms with Gasteiger partial charge in [0.2, 0.25) is 5.91 Å². The predicted molar refractivity (Wildman–Crippen MR) is 172 cm³/mol. The van der Waals surface area contributed by atoms with Crippen LogP contribution < -0.4 is 5.32 Å². The molecule has 1 amide bonds. The molecule has 3 atom stereocenters. The molecule has 41 heavy (non-hydrogen) atoms. The van der Waals surface area contributed by atoms with E-state index in [4.69, 9.17) is 0 Å². The average molecular weight is 604 g/mol. The Morgan fingerprint density at radius 3 is 1.46 bits per heavy atom. The average Bonchev–Trinajstić information content (AvgIpc) is 2.92. The molecule has 0 aromatic rings. The summed E-state index contributed by atoms with van der Waals surface area (Å²) in [5.74, 6) is -1.53. The lowest BCUT2D eigenvalue weighted by Gasteiger charge is -2.22. The Morgan fingerprint density at radius 2 is 1.05 bits per heavy atom. The summed E-state index contributed by atoms with van der Waals surface area (Å²) in [5.41, 5.74) is 0. The first-order chi connectivity index (χ1) is 19.7. The van der Waals surface area contributed by atoms with Crippen molar-refractivity contribution in [1.82, 2.24) is 5.32 Å². The number of carbonyl (C=O) groups is 1. The van der Waals surface area contributed by atoms with Gasteiger partial charge in [0.05, 0.1) is 17.9 Å². The largest absolute Gasteiger partial charge is 0.387 e. The van der Waals surface area contributed by atoms with Gasteiger partial charge in [-0.1, -0.05) is 161 Å². The van der Waals surface area contributed by atoms with Crippen LogP contribution in [0.1, 0.15) is 168 Å². The van der Waals surface area contributed by atoms with E-state index in [2.05, 4.69) is 19.2 Å². The summed E-state index contributed by atoms with van der Waals surface area (Å²) < 4.78 is 32.1. The van der Waals surface area contributed by atoms with Gasteiger partial charge in [-0.25, -0.2) is 0 Å². The molecule has 0 aromatic heterocycles. The van der Waals surface area contributed by atoms with Gasteiger partial charge in [0, 0.05) is 0 Å². The Labute approximate surface area is 253 Å². The summed E-state index contributed by atoms with van der Waals surface area (Å²) in [6.45, 7) is 4.39. The van der Waals surface area contributed by atoms with Gasteiger partial charge >= 0.3 is 0 Å². The Bertz CT molecular complexity index is 727. The van der Waals surface area contributed by atoms with Crippen molar-refractivity contribution in [3.8, 4) is 0 Å². The van der Waals surface area contributed by atoms with Gasteiger partial charge < -0.3 is 15.5 Å². The summed E-state index contributed by atoms with van der Waals surface area (Å²) in [7, 11) is -4.42. The van der Waals surface area contributed by atoms with E-state index in [0.29, 0.717) is 6.42 Å². The highest BCUT2D eigenvalue weighted by atomic mass is 32.2. The third-order valence-electron chi connectivity index (χ3n) is 7.82. The first-order valence-corrected chi connectivity index (χ1v) is 18.6. The molecule has 0 aromatic carbocycles. The van der Waals surface area contributed by atoms with E-state index in [0.717, 1.165) is 51.4 Å². The molecule has 0 aliphatic carbocycles. The number of hydrogen-bond acceptors (Lipinski definition) is 5. The van der Waals surface area contributed by atoms with Crippen molar-refractivity contribution in [1.29, 1.82) is 0 Å². The van der Waals surface area contributed by atoms with E-state index in [1.807, 2.05) is 0 Å². The van der Waals surface area contributed by atoms with Gasteiger partial charge in [-0.2, -0.15) is 8.42 Å². The first kappa shape index (κ1) is 40.0. The van der Waals surface area contributed by atoms with E-state index in [-0.39, 0.29) is 6.42 Å². The maximum atomic E-state index is 12.4. The van der Waals surface area contributed by atoms with E-state index in [1.54, 1.807) is 6.08 Å².